The molecule has 6 aromatic rings. The van der Waals surface area contributed by atoms with Crippen molar-refractivity contribution in [2.45, 2.75) is 169 Å². The lowest BCUT2D eigenvalue weighted by molar-refractivity contribution is 0.332. The maximum absolute atomic E-state index is 2.71. The first-order valence-corrected chi connectivity index (χ1v) is 24.7. The van der Waals surface area contributed by atoms with Crippen LogP contribution in [0.2, 0.25) is 0 Å². The molecule has 334 valence electrons. The van der Waals surface area contributed by atoms with E-state index in [-0.39, 0.29) is 39.2 Å². The Morgan fingerprint density at radius 2 is 0.846 bits per heavy atom. The zero-order valence-corrected chi connectivity index (χ0v) is 42.6. The Kier molecular flexibility index (Phi) is 9.61. The van der Waals surface area contributed by atoms with E-state index >= 15 is 0 Å². The topological polar surface area (TPSA) is 6.48 Å². The van der Waals surface area contributed by atoms with Crippen molar-refractivity contribution in [1.82, 2.24) is 0 Å². The summed E-state index contributed by atoms with van der Waals surface area (Å²) in [6.45, 7) is 38.7. The van der Waals surface area contributed by atoms with Gasteiger partial charge in [-0.3, -0.25) is 0 Å². The minimum Gasteiger partial charge on any atom is -0.311 e. The van der Waals surface area contributed by atoms with E-state index in [0.29, 0.717) is 0 Å². The minimum absolute atomic E-state index is 0.00374. The fourth-order valence-electron chi connectivity index (χ4n) is 12.2. The van der Waals surface area contributed by atoms with E-state index in [1.807, 2.05) is 0 Å². The lowest BCUT2D eigenvalue weighted by Crippen LogP contribution is -2.62. The predicted octanol–water partition coefficient (Wildman–Crippen LogP) is 15.3. The van der Waals surface area contributed by atoms with E-state index in [1.165, 1.54) is 132 Å². The molecule has 0 amide bonds. The first kappa shape index (κ1) is 43.9. The van der Waals surface area contributed by atoms with Crippen LogP contribution in [0.15, 0.2) is 103 Å². The van der Waals surface area contributed by atoms with Gasteiger partial charge in [-0.25, -0.2) is 0 Å². The van der Waals surface area contributed by atoms with Crippen molar-refractivity contribution in [1.29, 1.82) is 0 Å². The summed E-state index contributed by atoms with van der Waals surface area (Å²) < 4.78 is 0. The maximum atomic E-state index is 2.71. The molecule has 2 heterocycles. The van der Waals surface area contributed by atoms with Crippen LogP contribution >= 0.6 is 0 Å². The molecule has 0 saturated carbocycles. The Hall–Kier alpha value is -5.02. The summed E-state index contributed by atoms with van der Waals surface area (Å²) in [4.78, 5) is 5.39. The van der Waals surface area contributed by atoms with E-state index in [4.69, 9.17) is 0 Å². The molecular formula is C62H73BN2. The summed E-state index contributed by atoms with van der Waals surface area (Å²) in [5.41, 5.74) is 26.2. The van der Waals surface area contributed by atoms with Crippen molar-refractivity contribution < 1.29 is 0 Å². The van der Waals surface area contributed by atoms with Crippen LogP contribution in [-0.4, -0.2) is 6.71 Å². The zero-order valence-electron chi connectivity index (χ0n) is 42.6. The van der Waals surface area contributed by atoms with Crippen molar-refractivity contribution in [3.8, 4) is 11.1 Å². The van der Waals surface area contributed by atoms with Gasteiger partial charge in [0.25, 0.3) is 6.71 Å². The highest BCUT2D eigenvalue weighted by molar-refractivity contribution is 7.00. The van der Waals surface area contributed by atoms with Gasteiger partial charge in [0, 0.05) is 34.0 Å². The van der Waals surface area contributed by atoms with E-state index < -0.39 is 0 Å². The second-order valence-electron chi connectivity index (χ2n) is 25.4. The minimum atomic E-state index is -0.00374. The van der Waals surface area contributed by atoms with Crippen LogP contribution in [0.4, 0.5) is 34.1 Å². The Morgan fingerprint density at radius 1 is 0.431 bits per heavy atom. The van der Waals surface area contributed by atoms with Crippen molar-refractivity contribution in [2.24, 2.45) is 0 Å². The SMILES string of the molecule is Cc1cc2c3c(c1)N(c1ccc(C(C)(C)C)cc1-c1ccccc1)c1cc4c(cc1B3c1cc3c(cc1N2c1ccc(C(C)(C)C)cc1C)C(C)(C)CCC3(C)C)C(C)(C)CCC4(C)C. The molecule has 0 fully saturated rings. The first-order chi connectivity index (χ1) is 30.3. The van der Waals surface area contributed by atoms with Gasteiger partial charge in [-0.15, -0.1) is 0 Å². The summed E-state index contributed by atoms with van der Waals surface area (Å²) in [5.74, 6) is 0. The predicted molar refractivity (Wildman–Crippen MR) is 283 cm³/mol. The molecule has 10 rings (SSSR count). The van der Waals surface area contributed by atoms with Gasteiger partial charge < -0.3 is 9.80 Å². The molecule has 2 aliphatic carbocycles. The summed E-state index contributed by atoms with van der Waals surface area (Å²) in [6, 6.07) is 41.5. The smallest absolute Gasteiger partial charge is 0.252 e. The summed E-state index contributed by atoms with van der Waals surface area (Å²) >= 11 is 0. The van der Waals surface area contributed by atoms with Gasteiger partial charge in [0.15, 0.2) is 0 Å². The molecule has 6 aromatic carbocycles. The molecule has 0 radical (unpaired) electrons. The monoisotopic (exact) mass is 857 g/mol. The molecule has 4 aliphatic rings. The molecular weight excluding hydrogens is 784 g/mol. The molecule has 65 heavy (non-hydrogen) atoms. The van der Waals surface area contributed by atoms with Crippen LogP contribution in [0.3, 0.4) is 0 Å². The molecule has 3 heteroatoms. The van der Waals surface area contributed by atoms with E-state index in [0.717, 1.165) is 0 Å². The van der Waals surface area contributed by atoms with Crippen molar-refractivity contribution >= 4 is 57.2 Å². The third kappa shape index (κ3) is 6.87. The van der Waals surface area contributed by atoms with E-state index in [2.05, 4.69) is 224 Å². The highest BCUT2D eigenvalue weighted by Gasteiger charge is 2.49. The Bertz CT molecular complexity index is 2930. The zero-order chi connectivity index (χ0) is 46.6. The largest absolute Gasteiger partial charge is 0.311 e. The van der Waals surface area contributed by atoms with Crippen molar-refractivity contribution in [3.63, 3.8) is 0 Å². The van der Waals surface area contributed by atoms with Crippen LogP contribution in [0.5, 0.6) is 0 Å². The van der Waals surface area contributed by atoms with E-state index in [1.54, 1.807) is 0 Å². The summed E-state index contributed by atoms with van der Waals surface area (Å²) in [5, 5.41) is 0. The molecule has 2 aliphatic heterocycles. The number of benzene rings is 6. The van der Waals surface area contributed by atoms with Crippen molar-refractivity contribution in [3.05, 3.63) is 148 Å². The van der Waals surface area contributed by atoms with Gasteiger partial charge in [0.05, 0.1) is 5.69 Å². The van der Waals surface area contributed by atoms with Crippen LogP contribution < -0.4 is 26.2 Å². The molecule has 2 nitrogen and oxygen atoms in total. The number of rotatable bonds is 3. The fourth-order valence-corrected chi connectivity index (χ4v) is 12.2. The number of nitrogens with zero attached hydrogens (tertiary/aromatic N) is 2. The van der Waals surface area contributed by atoms with Gasteiger partial charge in [-0.2, -0.15) is 0 Å². The molecule has 0 saturated heterocycles. The molecule has 0 unspecified atom stereocenters. The van der Waals surface area contributed by atoms with E-state index in [9.17, 15) is 0 Å². The van der Waals surface area contributed by atoms with Crippen LogP contribution in [0, 0.1) is 13.8 Å². The number of anilines is 6. The third-order valence-electron chi connectivity index (χ3n) is 16.6. The normalized spacial score (nSPS) is 18.6. The standard InChI is InChI=1S/C62H73BN2/c1-38-30-54-56-55(31-38)65(51-25-23-42(58(6,7)8)33-43(51)40-20-18-17-19-21-40)53-37-47-45(60(11,12)27-29-62(47,15)16)35-49(53)63(56)48-34-44-46(61(13,14)28-26-59(44,9)10)36-52(48)64(54)50-24-22-41(32-39(50)2)57(3,4)5/h17-25,30-37H,26-29H2,1-16H3. The molecule has 0 aromatic heterocycles. The highest BCUT2D eigenvalue weighted by Crippen LogP contribution is 2.54. The molecule has 0 spiro atoms. The van der Waals surface area contributed by atoms with Gasteiger partial charge in [-0.1, -0.05) is 158 Å². The maximum Gasteiger partial charge on any atom is 0.252 e. The lowest BCUT2D eigenvalue weighted by atomic mass is 9.32. The summed E-state index contributed by atoms with van der Waals surface area (Å²) in [6.07, 6.45) is 4.72. The number of hydrogen-bond acceptors (Lipinski definition) is 2. The van der Waals surface area contributed by atoms with Gasteiger partial charge >= 0.3 is 0 Å². The number of hydrogen-bond donors (Lipinski definition) is 0. The summed E-state index contributed by atoms with van der Waals surface area (Å²) in [7, 11) is 0. The second kappa shape index (κ2) is 14.2. The number of fused-ring (bicyclic) bond motifs is 6. The lowest BCUT2D eigenvalue weighted by Gasteiger charge is -2.49. The first-order valence-electron chi connectivity index (χ1n) is 24.7. The Morgan fingerprint density at radius 3 is 1.29 bits per heavy atom. The molecule has 0 N–H and O–H groups in total. The Labute approximate surface area is 393 Å². The van der Waals surface area contributed by atoms with Crippen molar-refractivity contribution in [2.75, 3.05) is 9.80 Å². The van der Waals surface area contributed by atoms with Gasteiger partial charge in [-0.05, 0) is 181 Å². The quantitative estimate of drug-likeness (QED) is 0.163. The second-order valence-corrected chi connectivity index (χ2v) is 25.4. The van der Waals surface area contributed by atoms with Crippen LogP contribution in [0.25, 0.3) is 11.1 Å². The average molecular weight is 857 g/mol. The van der Waals surface area contributed by atoms with Crippen LogP contribution in [0.1, 0.15) is 167 Å². The Balaban J connectivity index is 1.37. The van der Waals surface area contributed by atoms with Gasteiger partial charge in [0.1, 0.15) is 0 Å². The third-order valence-corrected chi connectivity index (χ3v) is 16.6. The highest BCUT2D eigenvalue weighted by atomic mass is 15.2. The number of aryl methyl sites for hydroxylation is 2. The molecule has 0 bridgehead atoms. The fraction of sp³-hybridized carbons (Fsp3) is 0.419. The molecule has 0 atom stereocenters. The van der Waals surface area contributed by atoms with Gasteiger partial charge in [0.2, 0.25) is 0 Å². The average Bonchev–Trinajstić information content (AvgIpc) is 3.23. The van der Waals surface area contributed by atoms with Crippen LogP contribution in [-0.2, 0) is 32.5 Å².